The van der Waals surface area contributed by atoms with Gasteiger partial charge >= 0.3 is 0 Å². The van der Waals surface area contributed by atoms with Crippen LogP contribution in [0.2, 0.25) is 0 Å². The number of aryl methyl sites for hydroxylation is 1. The number of hydrogen-bond donors (Lipinski definition) is 3. The van der Waals surface area contributed by atoms with Crippen LogP contribution in [0.15, 0.2) is 44.6 Å². The average Bonchev–Trinajstić information content (AvgIpc) is 3.49. The number of carbonyl (C=O) groups excluding carboxylic acids is 1. The minimum absolute atomic E-state index is 0.179. The van der Waals surface area contributed by atoms with Crippen LogP contribution in [0.1, 0.15) is 47.2 Å². The van der Waals surface area contributed by atoms with Crippen molar-refractivity contribution in [2.45, 2.75) is 32.2 Å². The molecule has 1 saturated heterocycles. The molecule has 1 amide bonds. The van der Waals surface area contributed by atoms with Crippen LogP contribution in [-0.4, -0.2) is 56.5 Å². The Balaban J connectivity index is 1.38. The molecule has 8 nitrogen and oxygen atoms in total. The third-order valence-electron chi connectivity index (χ3n) is 5.14. The molecule has 0 bridgehead atoms. The molecule has 0 saturated carbocycles. The fourth-order valence-electron chi connectivity index (χ4n) is 3.54. The Labute approximate surface area is 171 Å². The number of carbonyl (C=O) groups is 1. The minimum atomic E-state index is -0.179. The Kier molecular flexibility index (Phi) is 7.75. The van der Waals surface area contributed by atoms with Crippen LogP contribution in [0, 0.1) is 6.92 Å². The Hall–Kier alpha value is -2.74. The molecule has 0 aliphatic carbocycles. The van der Waals surface area contributed by atoms with Crippen molar-refractivity contribution in [2.24, 2.45) is 4.99 Å². The van der Waals surface area contributed by atoms with E-state index in [1.807, 2.05) is 19.1 Å². The predicted octanol–water partition coefficient (Wildman–Crippen LogP) is 2.30. The van der Waals surface area contributed by atoms with Crippen LogP contribution in [-0.2, 0) is 0 Å². The van der Waals surface area contributed by atoms with Crippen LogP contribution in [0.25, 0.3) is 0 Å². The van der Waals surface area contributed by atoms with Gasteiger partial charge in [0.05, 0.1) is 18.6 Å². The van der Waals surface area contributed by atoms with Crippen molar-refractivity contribution in [1.29, 1.82) is 0 Å². The Morgan fingerprint density at radius 1 is 1.14 bits per heavy atom. The van der Waals surface area contributed by atoms with Crippen LogP contribution in [0.3, 0.4) is 0 Å². The summed E-state index contributed by atoms with van der Waals surface area (Å²) < 4.78 is 10.9. The van der Waals surface area contributed by atoms with Gasteiger partial charge in [-0.3, -0.25) is 14.7 Å². The highest BCUT2D eigenvalue weighted by molar-refractivity contribution is 5.92. The van der Waals surface area contributed by atoms with E-state index in [-0.39, 0.29) is 11.9 Å². The fraction of sp³-hybridized carbons (Fsp3) is 0.524. The summed E-state index contributed by atoms with van der Waals surface area (Å²) in [5.41, 5.74) is 0.842. The Morgan fingerprint density at radius 3 is 2.59 bits per heavy atom. The van der Waals surface area contributed by atoms with E-state index in [0.717, 1.165) is 43.3 Å². The first-order valence-electron chi connectivity index (χ1n) is 10.2. The zero-order chi connectivity index (χ0) is 20.5. The lowest BCUT2D eigenvalue weighted by atomic mass is 10.2. The van der Waals surface area contributed by atoms with Crippen molar-refractivity contribution in [2.75, 3.05) is 39.8 Å². The fourth-order valence-corrected chi connectivity index (χ4v) is 3.54. The van der Waals surface area contributed by atoms with E-state index >= 15 is 0 Å². The molecule has 2 aromatic heterocycles. The molecule has 1 fully saturated rings. The van der Waals surface area contributed by atoms with E-state index in [9.17, 15) is 4.79 Å². The van der Waals surface area contributed by atoms with Gasteiger partial charge in [0, 0.05) is 32.2 Å². The highest BCUT2D eigenvalue weighted by Gasteiger charge is 2.25. The highest BCUT2D eigenvalue weighted by atomic mass is 16.3. The van der Waals surface area contributed by atoms with Crippen LogP contribution >= 0.6 is 0 Å². The molecule has 158 valence electrons. The van der Waals surface area contributed by atoms with Gasteiger partial charge < -0.3 is 24.8 Å². The Bertz CT molecular complexity index is 778. The molecule has 1 aliphatic rings. The number of hydrogen-bond acceptors (Lipinski definition) is 5. The molecule has 3 rings (SSSR count). The van der Waals surface area contributed by atoms with Gasteiger partial charge in [-0.25, -0.2) is 0 Å². The quantitative estimate of drug-likeness (QED) is 0.339. The van der Waals surface area contributed by atoms with Gasteiger partial charge in [-0.2, -0.15) is 0 Å². The molecule has 0 spiro atoms. The molecule has 2 aromatic rings. The number of amides is 1. The third-order valence-corrected chi connectivity index (χ3v) is 5.14. The van der Waals surface area contributed by atoms with Crippen molar-refractivity contribution in [1.82, 2.24) is 20.9 Å². The summed E-state index contributed by atoms with van der Waals surface area (Å²) in [7, 11) is 1.76. The van der Waals surface area contributed by atoms with Crippen LogP contribution in [0.4, 0.5) is 0 Å². The summed E-state index contributed by atoms with van der Waals surface area (Å²) in [5, 5.41) is 9.57. The SMILES string of the molecule is CN=C(NCCCNC(=O)c1occc1C)NCC(c1ccco1)N1CCCC1. The van der Waals surface area contributed by atoms with Gasteiger partial charge in [0.2, 0.25) is 0 Å². The van der Waals surface area contributed by atoms with Gasteiger partial charge in [-0.1, -0.05) is 0 Å². The highest BCUT2D eigenvalue weighted by Crippen LogP contribution is 2.24. The monoisotopic (exact) mass is 401 g/mol. The van der Waals surface area contributed by atoms with Crippen molar-refractivity contribution in [3.05, 3.63) is 47.8 Å². The van der Waals surface area contributed by atoms with Gasteiger partial charge in [0.25, 0.3) is 5.91 Å². The molecule has 3 N–H and O–H groups in total. The van der Waals surface area contributed by atoms with E-state index in [1.165, 1.54) is 19.1 Å². The van der Waals surface area contributed by atoms with Crippen molar-refractivity contribution in [3.8, 4) is 0 Å². The van der Waals surface area contributed by atoms with E-state index < -0.39 is 0 Å². The minimum Gasteiger partial charge on any atom is -0.468 e. The lowest BCUT2D eigenvalue weighted by molar-refractivity contribution is 0.0925. The van der Waals surface area contributed by atoms with Gasteiger partial charge in [-0.15, -0.1) is 0 Å². The van der Waals surface area contributed by atoms with E-state index in [2.05, 4.69) is 25.8 Å². The second-order valence-electron chi connectivity index (χ2n) is 7.20. The van der Waals surface area contributed by atoms with Crippen LogP contribution < -0.4 is 16.0 Å². The predicted molar refractivity (Wildman–Crippen MR) is 112 cm³/mol. The molecule has 1 aliphatic heterocycles. The van der Waals surface area contributed by atoms with E-state index in [1.54, 1.807) is 19.4 Å². The summed E-state index contributed by atoms with van der Waals surface area (Å²) in [6, 6.07) is 5.94. The molecule has 3 heterocycles. The topological polar surface area (TPSA) is 95.0 Å². The molecule has 0 aromatic carbocycles. The first-order valence-corrected chi connectivity index (χ1v) is 10.2. The number of nitrogens with one attached hydrogen (secondary N) is 3. The maximum Gasteiger partial charge on any atom is 0.287 e. The van der Waals surface area contributed by atoms with E-state index in [4.69, 9.17) is 8.83 Å². The Morgan fingerprint density at radius 2 is 1.93 bits per heavy atom. The summed E-state index contributed by atoms with van der Waals surface area (Å²) in [5.74, 6) is 1.92. The molecular weight excluding hydrogens is 370 g/mol. The molecule has 29 heavy (non-hydrogen) atoms. The first-order chi connectivity index (χ1) is 14.2. The van der Waals surface area contributed by atoms with Crippen molar-refractivity contribution in [3.63, 3.8) is 0 Å². The number of guanidine groups is 1. The van der Waals surface area contributed by atoms with Gasteiger partial charge in [0.15, 0.2) is 11.7 Å². The number of likely N-dealkylation sites (tertiary alicyclic amines) is 1. The number of aliphatic imine (C=N–C) groups is 1. The van der Waals surface area contributed by atoms with Gasteiger partial charge in [-0.05, 0) is 57.5 Å². The smallest absolute Gasteiger partial charge is 0.287 e. The standard InChI is InChI=1S/C21H31N5O3/c1-16-8-14-29-19(16)20(27)23-9-6-10-24-21(22-2)25-15-17(18-7-5-13-28-18)26-11-3-4-12-26/h5,7-8,13-14,17H,3-4,6,9-12,15H2,1-2H3,(H,23,27)(H2,22,24,25). The molecule has 8 heteroatoms. The third kappa shape index (κ3) is 5.87. The second kappa shape index (κ2) is 10.7. The normalized spacial score (nSPS) is 16.0. The zero-order valence-electron chi connectivity index (χ0n) is 17.2. The average molecular weight is 402 g/mol. The largest absolute Gasteiger partial charge is 0.468 e. The summed E-state index contributed by atoms with van der Waals surface area (Å²) in [4.78, 5) is 18.8. The van der Waals surface area contributed by atoms with E-state index in [0.29, 0.717) is 18.8 Å². The van der Waals surface area contributed by atoms with Crippen molar-refractivity contribution < 1.29 is 13.6 Å². The molecule has 1 atom stereocenters. The lowest BCUT2D eigenvalue weighted by Gasteiger charge is -2.26. The molecule has 0 radical (unpaired) electrons. The number of furan rings is 2. The van der Waals surface area contributed by atoms with Crippen molar-refractivity contribution >= 4 is 11.9 Å². The molecule has 1 unspecified atom stereocenters. The summed E-state index contributed by atoms with van der Waals surface area (Å²) in [6.45, 7) is 6.02. The zero-order valence-corrected chi connectivity index (χ0v) is 17.2. The summed E-state index contributed by atoms with van der Waals surface area (Å²) >= 11 is 0. The lowest BCUT2D eigenvalue weighted by Crippen LogP contribution is -2.43. The molecular formula is C21H31N5O3. The number of rotatable bonds is 9. The second-order valence-corrected chi connectivity index (χ2v) is 7.20. The maximum absolute atomic E-state index is 12.0. The number of nitrogens with zero attached hydrogens (tertiary/aromatic N) is 2. The maximum atomic E-state index is 12.0. The summed E-state index contributed by atoms with van der Waals surface area (Å²) in [6.07, 6.45) is 6.49. The van der Waals surface area contributed by atoms with Gasteiger partial charge in [0.1, 0.15) is 5.76 Å². The van der Waals surface area contributed by atoms with Crippen LogP contribution in [0.5, 0.6) is 0 Å². The first kappa shape index (κ1) is 21.0.